The molecule has 1 atom stereocenters. The van der Waals surface area contributed by atoms with Crippen LogP contribution in [0, 0.1) is 12.8 Å². The molecule has 144 valence electrons. The standard InChI is InChI=1S/C20H20N4O2S2/c1-13-7-8-27-16(13)11-21-19(26)15-10-18(25)24(12-15)20-23-22-17(28-20)9-14-5-3-2-4-6-14/h2-8,15H,9-12H2,1H3,(H,21,26). The predicted molar refractivity (Wildman–Crippen MR) is 111 cm³/mol. The van der Waals surface area contributed by atoms with Crippen molar-refractivity contribution in [2.24, 2.45) is 5.92 Å². The number of amides is 2. The Bertz CT molecular complexity index is 983. The number of aryl methyl sites for hydroxylation is 1. The summed E-state index contributed by atoms with van der Waals surface area (Å²) in [6.45, 7) is 2.89. The Morgan fingerprint density at radius 3 is 2.82 bits per heavy atom. The molecular formula is C20H20N4O2S2. The van der Waals surface area contributed by atoms with Crippen molar-refractivity contribution in [3.05, 3.63) is 62.8 Å². The van der Waals surface area contributed by atoms with Crippen LogP contribution >= 0.6 is 22.7 Å². The number of aromatic nitrogens is 2. The van der Waals surface area contributed by atoms with Gasteiger partial charge in [0.15, 0.2) is 0 Å². The zero-order valence-electron chi connectivity index (χ0n) is 15.4. The first kappa shape index (κ1) is 18.8. The Morgan fingerprint density at radius 2 is 2.07 bits per heavy atom. The lowest BCUT2D eigenvalue weighted by atomic mass is 10.1. The number of benzene rings is 1. The molecule has 28 heavy (non-hydrogen) atoms. The molecule has 8 heteroatoms. The lowest BCUT2D eigenvalue weighted by molar-refractivity contribution is -0.126. The van der Waals surface area contributed by atoms with E-state index in [1.807, 2.05) is 48.7 Å². The van der Waals surface area contributed by atoms with Crippen LogP contribution in [0.1, 0.15) is 27.4 Å². The first-order valence-electron chi connectivity index (χ1n) is 9.07. The van der Waals surface area contributed by atoms with E-state index in [2.05, 4.69) is 15.5 Å². The maximum Gasteiger partial charge on any atom is 0.229 e. The molecule has 2 amide bonds. The van der Waals surface area contributed by atoms with Crippen molar-refractivity contribution in [1.82, 2.24) is 15.5 Å². The van der Waals surface area contributed by atoms with E-state index in [9.17, 15) is 9.59 Å². The van der Waals surface area contributed by atoms with E-state index < -0.39 is 0 Å². The van der Waals surface area contributed by atoms with Gasteiger partial charge in [-0.15, -0.1) is 21.5 Å². The zero-order chi connectivity index (χ0) is 19.5. The van der Waals surface area contributed by atoms with E-state index in [-0.39, 0.29) is 24.2 Å². The summed E-state index contributed by atoms with van der Waals surface area (Å²) in [7, 11) is 0. The molecule has 3 heterocycles. The molecule has 1 N–H and O–H groups in total. The van der Waals surface area contributed by atoms with Crippen molar-refractivity contribution in [3.8, 4) is 0 Å². The molecule has 1 fully saturated rings. The summed E-state index contributed by atoms with van der Waals surface area (Å²) in [6.07, 6.45) is 0.896. The minimum Gasteiger partial charge on any atom is -0.351 e. The molecule has 0 bridgehead atoms. The highest BCUT2D eigenvalue weighted by atomic mass is 32.1. The SMILES string of the molecule is Cc1ccsc1CNC(=O)C1CC(=O)N(c2nnc(Cc3ccccc3)s2)C1. The van der Waals surface area contributed by atoms with Crippen LogP contribution in [0.25, 0.3) is 0 Å². The molecule has 0 saturated carbocycles. The molecule has 1 aliphatic rings. The number of hydrogen-bond acceptors (Lipinski definition) is 6. The van der Waals surface area contributed by atoms with E-state index in [0.29, 0.717) is 24.6 Å². The van der Waals surface area contributed by atoms with E-state index in [1.54, 1.807) is 16.2 Å². The first-order chi connectivity index (χ1) is 13.6. The van der Waals surface area contributed by atoms with Crippen LogP contribution in [0.5, 0.6) is 0 Å². The molecule has 0 aliphatic carbocycles. The number of rotatable bonds is 6. The highest BCUT2D eigenvalue weighted by molar-refractivity contribution is 7.15. The number of nitrogens with one attached hydrogen (secondary N) is 1. The smallest absolute Gasteiger partial charge is 0.229 e. The van der Waals surface area contributed by atoms with E-state index >= 15 is 0 Å². The summed E-state index contributed by atoms with van der Waals surface area (Å²) in [6, 6.07) is 12.1. The summed E-state index contributed by atoms with van der Waals surface area (Å²) in [4.78, 5) is 27.7. The molecule has 6 nitrogen and oxygen atoms in total. The second-order valence-corrected chi connectivity index (χ2v) is 8.83. The van der Waals surface area contributed by atoms with Crippen LogP contribution in [0.2, 0.25) is 0 Å². The van der Waals surface area contributed by atoms with Crippen molar-refractivity contribution in [2.45, 2.75) is 26.3 Å². The summed E-state index contributed by atoms with van der Waals surface area (Å²) >= 11 is 3.04. The fourth-order valence-corrected chi connectivity index (χ4v) is 4.91. The largest absolute Gasteiger partial charge is 0.351 e. The molecule has 1 unspecified atom stereocenters. The molecule has 1 saturated heterocycles. The van der Waals surface area contributed by atoms with Gasteiger partial charge in [0, 0.05) is 24.3 Å². The summed E-state index contributed by atoms with van der Waals surface area (Å²) in [5, 5.41) is 14.8. The van der Waals surface area contributed by atoms with Gasteiger partial charge in [-0.2, -0.15) is 0 Å². The molecule has 0 radical (unpaired) electrons. The second-order valence-electron chi connectivity index (χ2n) is 6.79. The zero-order valence-corrected chi connectivity index (χ0v) is 17.1. The van der Waals surface area contributed by atoms with E-state index in [0.717, 1.165) is 15.4 Å². The predicted octanol–water partition coefficient (Wildman–Crippen LogP) is 3.17. The number of carbonyl (C=O) groups is 2. The number of nitrogens with zero attached hydrogens (tertiary/aromatic N) is 3. The maximum absolute atomic E-state index is 12.5. The topological polar surface area (TPSA) is 75.2 Å². The van der Waals surface area contributed by atoms with Gasteiger partial charge in [0.05, 0.1) is 12.5 Å². The third-order valence-electron chi connectivity index (χ3n) is 4.77. The first-order valence-corrected chi connectivity index (χ1v) is 10.8. The van der Waals surface area contributed by atoms with Crippen LogP contribution in [-0.4, -0.2) is 28.6 Å². The van der Waals surface area contributed by atoms with E-state index in [4.69, 9.17) is 0 Å². The Hall–Kier alpha value is -2.58. The van der Waals surface area contributed by atoms with Gasteiger partial charge in [-0.3, -0.25) is 14.5 Å². The summed E-state index contributed by atoms with van der Waals surface area (Å²) in [5.74, 6) is -0.512. The molecule has 3 aromatic rings. The van der Waals surface area contributed by atoms with Gasteiger partial charge in [0.1, 0.15) is 5.01 Å². The monoisotopic (exact) mass is 412 g/mol. The van der Waals surface area contributed by atoms with Gasteiger partial charge in [0.2, 0.25) is 16.9 Å². The number of hydrogen-bond donors (Lipinski definition) is 1. The maximum atomic E-state index is 12.5. The van der Waals surface area contributed by atoms with Crippen molar-refractivity contribution < 1.29 is 9.59 Å². The number of thiophene rings is 1. The van der Waals surface area contributed by atoms with Crippen LogP contribution in [0.3, 0.4) is 0 Å². The minimum atomic E-state index is -0.353. The van der Waals surface area contributed by atoms with Gasteiger partial charge >= 0.3 is 0 Å². The van der Waals surface area contributed by atoms with Gasteiger partial charge in [-0.25, -0.2) is 0 Å². The molecule has 1 aromatic carbocycles. The second kappa shape index (κ2) is 8.20. The van der Waals surface area contributed by atoms with Crippen molar-refractivity contribution >= 4 is 39.6 Å². The third kappa shape index (κ3) is 4.13. The quantitative estimate of drug-likeness (QED) is 0.675. The van der Waals surface area contributed by atoms with Crippen molar-refractivity contribution in [3.63, 3.8) is 0 Å². The summed E-state index contributed by atoms with van der Waals surface area (Å²) < 4.78 is 0. The average molecular weight is 413 g/mol. The van der Waals surface area contributed by atoms with Gasteiger partial charge in [0.25, 0.3) is 0 Å². The van der Waals surface area contributed by atoms with Gasteiger partial charge in [-0.1, -0.05) is 41.7 Å². The highest BCUT2D eigenvalue weighted by Gasteiger charge is 2.36. The van der Waals surface area contributed by atoms with E-state index in [1.165, 1.54) is 16.9 Å². The average Bonchev–Trinajstić information content (AvgIpc) is 3.41. The Labute approximate surface area is 171 Å². The van der Waals surface area contributed by atoms with Crippen molar-refractivity contribution in [1.29, 1.82) is 0 Å². The van der Waals surface area contributed by atoms with Crippen LogP contribution in [0.4, 0.5) is 5.13 Å². The normalized spacial score (nSPS) is 16.5. The highest BCUT2D eigenvalue weighted by Crippen LogP contribution is 2.29. The lowest BCUT2D eigenvalue weighted by Gasteiger charge is -2.12. The molecule has 4 rings (SSSR count). The van der Waals surface area contributed by atoms with Crippen LogP contribution in [-0.2, 0) is 22.6 Å². The number of carbonyl (C=O) groups excluding carboxylic acids is 2. The summed E-state index contributed by atoms with van der Waals surface area (Å²) in [5.41, 5.74) is 2.33. The Morgan fingerprint density at radius 1 is 1.25 bits per heavy atom. The number of anilines is 1. The van der Waals surface area contributed by atoms with Crippen LogP contribution < -0.4 is 10.2 Å². The van der Waals surface area contributed by atoms with Crippen molar-refractivity contribution in [2.75, 3.05) is 11.4 Å². The van der Waals surface area contributed by atoms with Crippen LogP contribution in [0.15, 0.2) is 41.8 Å². The minimum absolute atomic E-state index is 0.0742. The third-order valence-corrected chi connectivity index (χ3v) is 6.74. The molecular weight excluding hydrogens is 392 g/mol. The Balaban J connectivity index is 1.37. The molecule has 1 aliphatic heterocycles. The molecule has 0 spiro atoms. The molecule has 2 aromatic heterocycles. The fraction of sp³-hybridized carbons (Fsp3) is 0.300. The van der Waals surface area contributed by atoms with Gasteiger partial charge < -0.3 is 5.32 Å². The fourth-order valence-electron chi connectivity index (χ4n) is 3.16. The van der Waals surface area contributed by atoms with Gasteiger partial charge in [-0.05, 0) is 29.5 Å². The Kier molecular flexibility index (Phi) is 5.50. The lowest BCUT2D eigenvalue weighted by Crippen LogP contribution is -2.32.